The number of anilines is 1. The van der Waals surface area contributed by atoms with E-state index in [0.717, 1.165) is 31.2 Å². The fraction of sp³-hybridized carbons (Fsp3) is 0.647. The molecule has 0 unspecified atom stereocenters. The molecule has 1 N–H and O–H groups in total. The summed E-state index contributed by atoms with van der Waals surface area (Å²) in [7, 11) is 1.40. The molecule has 1 amide bonds. The van der Waals surface area contributed by atoms with Crippen LogP contribution in [0.15, 0.2) is 0 Å². The highest BCUT2D eigenvalue weighted by atomic mass is 32.1. The van der Waals surface area contributed by atoms with Gasteiger partial charge in [0.2, 0.25) is 5.91 Å². The van der Waals surface area contributed by atoms with Crippen molar-refractivity contribution in [2.45, 2.75) is 58.8 Å². The van der Waals surface area contributed by atoms with E-state index in [1.54, 1.807) is 11.3 Å². The van der Waals surface area contributed by atoms with Crippen LogP contribution in [0, 0.1) is 5.92 Å². The van der Waals surface area contributed by atoms with E-state index in [2.05, 4.69) is 5.32 Å². The number of fused-ring (bicyclic) bond motifs is 1. The lowest BCUT2D eigenvalue weighted by Crippen LogP contribution is -2.16. The van der Waals surface area contributed by atoms with E-state index in [1.807, 2.05) is 13.8 Å². The Morgan fingerprint density at radius 2 is 1.86 bits per heavy atom. The van der Waals surface area contributed by atoms with Crippen molar-refractivity contribution in [3.8, 4) is 0 Å². The minimum absolute atomic E-state index is 0.0330. The lowest BCUT2D eigenvalue weighted by atomic mass is 9.96. The van der Waals surface area contributed by atoms with Crippen LogP contribution >= 0.6 is 11.3 Å². The van der Waals surface area contributed by atoms with E-state index in [-0.39, 0.29) is 11.9 Å². The molecule has 0 aromatic carbocycles. The second-order valence-corrected chi connectivity index (χ2v) is 7.37. The maximum atomic E-state index is 12.2. The maximum absolute atomic E-state index is 12.2. The predicted octanol–water partition coefficient (Wildman–Crippen LogP) is 4.18. The van der Waals surface area contributed by atoms with Crippen molar-refractivity contribution in [3.05, 3.63) is 16.0 Å². The molecule has 1 aliphatic carbocycles. The smallest absolute Gasteiger partial charge is 0.341 e. The third-order valence-corrected chi connectivity index (χ3v) is 5.11. The van der Waals surface area contributed by atoms with Gasteiger partial charge in [0.25, 0.3) is 0 Å². The lowest BCUT2D eigenvalue weighted by Gasteiger charge is -2.11. The van der Waals surface area contributed by atoms with Crippen LogP contribution in [0.2, 0.25) is 0 Å². The molecular weight excluding hydrogens is 298 g/mol. The van der Waals surface area contributed by atoms with E-state index in [0.29, 0.717) is 22.9 Å². The molecule has 1 aliphatic rings. The van der Waals surface area contributed by atoms with E-state index < -0.39 is 0 Å². The molecule has 0 radical (unpaired) electrons. The number of hydrogen-bond acceptors (Lipinski definition) is 4. The van der Waals surface area contributed by atoms with Gasteiger partial charge in [0.1, 0.15) is 5.00 Å². The average molecular weight is 323 g/mol. The van der Waals surface area contributed by atoms with Crippen LogP contribution in [-0.2, 0) is 22.4 Å². The van der Waals surface area contributed by atoms with E-state index in [9.17, 15) is 9.59 Å². The van der Waals surface area contributed by atoms with Gasteiger partial charge in [0, 0.05) is 11.3 Å². The minimum atomic E-state index is -0.335. The summed E-state index contributed by atoms with van der Waals surface area (Å²) >= 11 is 1.55. The second kappa shape index (κ2) is 7.77. The highest BCUT2D eigenvalue weighted by Gasteiger charge is 2.25. The zero-order chi connectivity index (χ0) is 16.1. The van der Waals surface area contributed by atoms with Crippen LogP contribution < -0.4 is 5.32 Å². The Balaban J connectivity index is 2.33. The summed E-state index contributed by atoms with van der Waals surface area (Å²) in [4.78, 5) is 25.5. The molecule has 2 rings (SSSR count). The van der Waals surface area contributed by atoms with Crippen LogP contribution in [0.1, 0.15) is 66.8 Å². The monoisotopic (exact) mass is 323 g/mol. The minimum Gasteiger partial charge on any atom is -0.465 e. The Morgan fingerprint density at radius 1 is 1.18 bits per heavy atom. The van der Waals surface area contributed by atoms with Crippen molar-refractivity contribution >= 4 is 28.2 Å². The maximum Gasteiger partial charge on any atom is 0.341 e. The Bertz CT molecular complexity index is 548. The van der Waals surface area contributed by atoms with Gasteiger partial charge in [-0.05, 0) is 37.2 Å². The molecule has 4 nitrogen and oxygen atoms in total. The Hall–Kier alpha value is -1.36. The third kappa shape index (κ3) is 4.09. The third-order valence-electron chi connectivity index (χ3n) is 3.91. The average Bonchev–Trinajstić information content (AvgIpc) is 2.74. The number of rotatable bonds is 4. The lowest BCUT2D eigenvalue weighted by molar-refractivity contribution is -0.116. The number of nitrogens with one attached hydrogen (secondary N) is 1. The normalized spacial score (nSPS) is 14.9. The molecule has 0 atom stereocenters. The number of methoxy groups -OCH3 is 1. The zero-order valence-corrected chi connectivity index (χ0v) is 14.5. The Morgan fingerprint density at radius 3 is 2.50 bits per heavy atom. The van der Waals surface area contributed by atoms with Crippen molar-refractivity contribution in [3.63, 3.8) is 0 Å². The van der Waals surface area contributed by atoms with Crippen molar-refractivity contribution in [1.82, 2.24) is 0 Å². The predicted molar refractivity (Wildman–Crippen MR) is 89.6 cm³/mol. The van der Waals surface area contributed by atoms with E-state index in [4.69, 9.17) is 4.74 Å². The van der Waals surface area contributed by atoms with Crippen LogP contribution in [0.5, 0.6) is 0 Å². The van der Waals surface area contributed by atoms with Crippen molar-refractivity contribution in [2.75, 3.05) is 12.4 Å². The zero-order valence-electron chi connectivity index (χ0n) is 13.7. The van der Waals surface area contributed by atoms with Crippen molar-refractivity contribution < 1.29 is 14.3 Å². The summed E-state index contributed by atoms with van der Waals surface area (Å²) in [6, 6.07) is 0. The standard InChI is InChI=1S/C17H25NO3S/c1-11(2)10-14(19)18-16-15(17(20)21-3)12-8-6-4-5-7-9-13(12)22-16/h11H,4-10H2,1-3H3,(H,18,19). The van der Waals surface area contributed by atoms with Gasteiger partial charge in [0.15, 0.2) is 0 Å². The molecule has 122 valence electrons. The van der Waals surface area contributed by atoms with Crippen LogP contribution in [0.4, 0.5) is 5.00 Å². The number of amides is 1. The number of thiophene rings is 1. The molecule has 0 bridgehead atoms. The summed E-state index contributed by atoms with van der Waals surface area (Å²) in [6.07, 6.45) is 7.02. The SMILES string of the molecule is COC(=O)c1c(NC(=O)CC(C)C)sc2c1CCCCCC2. The molecule has 22 heavy (non-hydrogen) atoms. The molecule has 5 heteroatoms. The van der Waals surface area contributed by atoms with Crippen LogP contribution in [0.3, 0.4) is 0 Å². The van der Waals surface area contributed by atoms with Gasteiger partial charge in [-0.2, -0.15) is 0 Å². The largest absolute Gasteiger partial charge is 0.465 e. The second-order valence-electron chi connectivity index (χ2n) is 6.26. The summed E-state index contributed by atoms with van der Waals surface area (Å²) in [6.45, 7) is 4.02. The number of ether oxygens (including phenoxy) is 1. The summed E-state index contributed by atoms with van der Waals surface area (Å²) in [5, 5.41) is 3.60. The van der Waals surface area contributed by atoms with Crippen LogP contribution in [-0.4, -0.2) is 19.0 Å². The van der Waals surface area contributed by atoms with E-state index in [1.165, 1.54) is 24.8 Å². The fourth-order valence-electron chi connectivity index (χ4n) is 2.87. The molecule has 1 heterocycles. The van der Waals surface area contributed by atoms with Gasteiger partial charge < -0.3 is 10.1 Å². The highest BCUT2D eigenvalue weighted by Crippen LogP contribution is 2.37. The van der Waals surface area contributed by atoms with E-state index >= 15 is 0 Å². The van der Waals surface area contributed by atoms with Crippen LogP contribution in [0.25, 0.3) is 0 Å². The van der Waals surface area contributed by atoms with Gasteiger partial charge in [-0.25, -0.2) is 4.79 Å². The number of carbonyl (C=O) groups is 2. The first kappa shape index (κ1) is 17.0. The van der Waals surface area contributed by atoms with Gasteiger partial charge in [-0.3, -0.25) is 4.79 Å². The van der Waals surface area contributed by atoms with Gasteiger partial charge in [0.05, 0.1) is 12.7 Å². The highest BCUT2D eigenvalue weighted by molar-refractivity contribution is 7.17. The Labute approximate surface area is 136 Å². The molecule has 0 fully saturated rings. The number of esters is 1. The molecule has 1 aromatic rings. The fourth-order valence-corrected chi connectivity index (χ4v) is 4.17. The molecule has 0 spiro atoms. The van der Waals surface area contributed by atoms with Gasteiger partial charge >= 0.3 is 5.97 Å². The first-order valence-electron chi connectivity index (χ1n) is 8.05. The van der Waals surface area contributed by atoms with Crippen molar-refractivity contribution in [1.29, 1.82) is 0 Å². The topological polar surface area (TPSA) is 55.4 Å². The number of hydrogen-bond donors (Lipinski definition) is 1. The Kier molecular flexibility index (Phi) is 6.00. The quantitative estimate of drug-likeness (QED) is 0.846. The first-order valence-corrected chi connectivity index (χ1v) is 8.87. The first-order chi connectivity index (χ1) is 10.5. The molecule has 1 aromatic heterocycles. The molecule has 0 aliphatic heterocycles. The summed E-state index contributed by atoms with van der Waals surface area (Å²) in [5.74, 6) is -0.0742. The summed E-state index contributed by atoms with van der Waals surface area (Å²) < 4.78 is 4.95. The molecule has 0 saturated carbocycles. The van der Waals surface area contributed by atoms with Crippen molar-refractivity contribution in [2.24, 2.45) is 5.92 Å². The number of carbonyl (C=O) groups excluding carboxylic acids is 2. The molecule has 0 saturated heterocycles. The van der Waals surface area contributed by atoms with Gasteiger partial charge in [-0.15, -0.1) is 11.3 Å². The molecular formula is C17H25NO3S. The van der Waals surface area contributed by atoms with Gasteiger partial charge in [-0.1, -0.05) is 26.7 Å². The summed E-state index contributed by atoms with van der Waals surface area (Å²) in [5.41, 5.74) is 1.68. The number of aryl methyl sites for hydroxylation is 1.